The quantitative estimate of drug-likeness (QED) is 0.884. The van der Waals surface area contributed by atoms with Crippen molar-refractivity contribution in [3.63, 3.8) is 0 Å². The van der Waals surface area contributed by atoms with Crippen LogP contribution < -0.4 is 10.5 Å². The van der Waals surface area contributed by atoms with Gasteiger partial charge in [0.2, 0.25) is 0 Å². The number of ether oxygens (including phenoxy) is 1. The molecule has 2 N–H and O–H groups in total. The molecule has 0 saturated carbocycles. The number of rotatable bonds is 6. The first-order chi connectivity index (χ1) is 10.1. The predicted molar refractivity (Wildman–Crippen MR) is 79.4 cm³/mol. The van der Waals surface area contributed by atoms with Crippen LogP contribution >= 0.6 is 0 Å². The maximum absolute atomic E-state index is 13.5. The molecule has 2 rings (SSSR count). The molecule has 0 bridgehead atoms. The second-order valence-corrected chi connectivity index (χ2v) is 5.09. The average molecular weight is 291 g/mol. The Morgan fingerprint density at radius 3 is 2.48 bits per heavy atom. The first-order valence-electron chi connectivity index (χ1n) is 6.91. The van der Waals surface area contributed by atoms with Crippen LogP contribution in [0.5, 0.6) is 5.75 Å². The fourth-order valence-corrected chi connectivity index (χ4v) is 2.23. The van der Waals surface area contributed by atoms with Crippen LogP contribution in [-0.4, -0.2) is 13.2 Å². The molecular formula is C17H19F2NO. The maximum Gasteiger partial charge on any atom is 0.126 e. The lowest BCUT2D eigenvalue weighted by Gasteiger charge is -2.12. The Kier molecular flexibility index (Phi) is 5.28. The summed E-state index contributed by atoms with van der Waals surface area (Å²) in [6.45, 7) is 0. The van der Waals surface area contributed by atoms with E-state index < -0.39 is 11.6 Å². The molecule has 21 heavy (non-hydrogen) atoms. The Bertz CT molecular complexity index is 584. The van der Waals surface area contributed by atoms with Crippen molar-refractivity contribution in [2.24, 2.45) is 5.73 Å². The molecule has 1 atom stereocenters. The van der Waals surface area contributed by atoms with E-state index in [0.717, 1.165) is 29.9 Å². The molecule has 0 saturated heterocycles. The molecular weight excluding hydrogens is 272 g/mol. The summed E-state index contributed by atoms with van der Waals surface area (Å²) >= 11 is 0. The van der Waals surface area contributed by atoms with Crippen molar-refractivity contribution in [2.75, 3.05) is 7.11 Å². The second kappa shape index (κ2) is 7.18. The summed E-state index contributed by atoms with van der Waals surface area (Å²) in [5.41, 5.74) is 7.49. The van der Waals surface area contributed by atoms with Gasteiger partial charge in [-0.25, -0.2) is 8.78 Å². The molecule has 0 aromatic heterocycles. The normalized spacial score (nSPS) is 12.2. The zero-order valence-electron chi connectivity index (χ0n) is 12.0. The molecule has 4 heteroatoms. The minimum atomic E-state index is -0.436. The van der Waals surface area contributed by atoms with Gasteiger partial charge in [0, 0.05) is 6.04 Å². The standard InChI is InChI=1S/C17H19F2NO/c1-21-16-7-3-12(4-8-16)2-6-15(20)11-13-10-14(18)5-9-17(13)19/h3-5,7-10,15H,2,6,11,20H2,1H3. The van der Waals surface area contributed by atoms with Gasteiger partial charge in [-0.2, -0.15) is 0 Å². The van der Waals surface area contributed by atoms with E-state index in [2.05, 4.69) is 0 Å². The van der Waals surface area contributed by atoms with Crippen LogP contribution in [0.15, 0.2) is 42.5 Å². The van der Waals surface area contributed by atoms with Crippen LogP contribution in [0.2, 0.25) is 0 Å². The number of aryl methyl sites for hydroxylation is 1. The number of benzene rings is 2. The van der Waals surface area contributed by atoms with Gasteiger partial charge in [-0.3, -0.25) is 0 Å². The van der Waals surface area contributed by atoms with Crippen LogP contribution in [0.25, 0.3) is 0 Å². The van der Waals surface area contributed by atoms with Gasteiger partial charge in [-0.1, -0.05) is 12.1 Å². The lowest BCUT2D eigenvalue weighted by atomic mass is 9.99. The highest BCUT2D eigenvalue weighted by atomic mass is 19.1. The monoisotopic (exact) mass is 291 g/mol. The van der Waals surface area contributed by atoms with Gasteiger partial charge < -0.3 is 10.5 Å². The van der Waals surface area contributed by atoms with Crippen molar-refractivity contribution in [3.8, 4) is 5.75 Å². The van der Waals surface area contributed by atoms with Gasteiger partial charge in [0.15, 0.2) is 0 Å². The summed E-state index contributed by atoms with van der Waals surface area (Å²) in [4.78, 5) is 0. The Balaban J connectivity index is 1.89. The van der Waals surface area contributed by atoms with Crippen LogP contribution in [0.4, 0.5) is 8.78 Å². The molecule has 1 unspecified atom stereocenters. The summed E-state index contributed by atoms with van der Waals surface area (Å²) in [6.07, 6.45) is 1.84. The van der Waals surface area contributed by atoms with Gasteiger partial charge >= 0.3 is 0 Å². The average Bonchev–Trinajstić information content (AvgIpc) is 2.49. The second-order valence-electron chi connectivity index (χ2n) is 5.09. The number of hydrogen-bond donors (Lipinski definition) is 1. The van der Waals surface area contributed by atoms with E-state index in [4.69, 9.17) is 10.5 Å². The van der Waals surface area contributed by atoms with Crippen LogP contribution in [0.3, 0.4) is 0 Å². The summed E-state index contributed by atoms with van der Waals surface area (Å²) in [5, 5.41) is 0. The maximum atomic E-state index is 13.5. The van der Waals surface area contributed by atoms with E-state index in [9.17, 15) is 8.78 Å². The van der Waals surface area contributed by atoms with E-state index in [1.54, 1.807) is 7.11 Å². The first kappa shape index (κ1) is 15.4. The number of halogens is 2. The van der Waals surface area contributed by atoms with Crippen molar-refractivity contribution >= 4 is 0 Å². The molecule has 0 radical (unpaired) electrons. The molecule has 0 fully saturated rings. The predicted octanol–water partition coefficient (Wildman–Crippen LogP) is 3.48. The van der Waals surface area contributed by atoms with Gasteiger partial charge in [0.25, 0.3) is 0 Å². The largest absolute Gasteiger partial charge is 0.497 e. The van der Waals surface area contributed by atoms with Crippen molar-refractivity contribution in [2.45, 2.75) is 25.3 Å². The van der Waals surface area contributed by atoms with E-state index >= 15 is 0 Å². The smallest absolute Gasteiger partial charge is 0.126 e. The summed E-state index contributed by atoms with van der Waals surface area (Å²) < 4.78 is 31.7. The molecule has 112 valence electrons. The third-order valence-electron chi connectivity index (χ3n) is 3.45. The Morgan fingerprint density at radius 2 is 1.81 bits per heavy atom. The van der Waals surface area contributed by atoms with Gasteiger partial charge in [0.1, 0.15) is 17.4 Å². The highest BCUT2D eigenvalue weighted by Crippen LogP contribution is 2.15. The number of methoxy groups -OCH3 is 1. The minimum absolute atomic E-state index is 0.205. The third-order valence-corrected chi connectivity index (χ3v) is 3.45. The zero-order valence-corrected chi connectivity index (χ0v) is 12.0. The summed E-state index contributed by atoms with van der Waals surface area (Å²) in [5.74, 6) is -0.0325. The molecule has 2 nitrogen and oxygen atoms in total. The van der Waals surface area contributed by atoms with E-state index in [1.807, 2.05) is 24.3 Å². The molecule has 2 aromatic carbocycles. The van der Waals surface area contributed by atoms with Gasteiger partial charge in [-0.05, 0) is 60.7 Å². The van der Waals surface area contributed by atoms with Crippen molar-refractivity contribution in [1.29, 1.82) is 0 Å². The first-order valence-corrected chi connectivity index (χ1v) is 6.91. The molecule has 0 aliphatic heterocycles. The fraction of sp³-hybridized carbons (Fsp3) is 0.294. The SMILES string of the molecule is COc1ccc(CCC(N)Cc2cc(F)ccc2F)cc1. The van der Waals surface area contributed by atoms with Crippen molar-refractivity contribution < 1.29 is 13.5 Å². The molecule has 0 amide bonds. The summed E-state index contributed by atoms with van der Waals surface area (Å²) in [6, 6.07) is 11.0. The van der Waals surface area contributed by atoms with Gasteiger partial charge in [-0.15, -0.1) is 0 Å². The van der Waals surface area contributed by atoms with Crippen LogP contribution in [0.1, 0.15) is 17.5 Å². The van der Waals surface area contributed by atoms with E-state index in [0.29, 0.717) is 18.4 Å². The van der Waals surface area contributed by atoms with Crippen molar-refractivity contribution in [1.82, 2.24) is 0 Å². The summed E-state index contributed by atoms with van der Waals surface area (Å²) in [7, 11) is 1.62. The third kappa shape index (κ3) is 4.53. The highest BCUT2D eigenvalue weighted by Gasteiger charge is 2.10. The number of nitrogens with two attached hydrogens (primary N) is 1. The van der Waals surface area contributed by atoms with Crippen molar-refractivity contribution in [3.05, 3.63) is 65.2 Å². The van der Waals surface area contributed by atoms with Gasteiger partial charge in [0.05, 0.1) is 7.11 Å². The molecule has 0 heterocycles. The van der Waals surface area contributed by atoms with E-state index in [1.165, 1.54) is 6.07 Å². The molecule has 0 spiro atoms. The lowest BCUT2D eigenvalue weighted by molar-refractivity contribution is 0.414. The molecule has 2 aromatic rings. The lowest BCUT2D eigenvalue weighted by Crippen LogP contribution is -2.24. The topological polar surface area (TPSA) is 35.2 Å². The molecule has 0 aliphatic carbocycles. The Morgan fingerprint density at radius 1 is 1.10 bits per heavy atom. The van der Waals surface area contributed by atoms with Crippen LogP contribution in [-0.2, 0) is 12.8 Å². The fourth-order valence-electron chi connectivity index (χ4n) is 2.23. The minimum Gasteiger partial charge on any atom is -0.497 e. The Labute approximate surface area is 123 Å². The Hall–Kier alpha value is -1.94. The highest BCUT2D eigenvalue weighted by molar-refractivity contribution is 5.27. The number of hydrogen-bond acceptors (Lipinski definition) is 2. The van der Waals surface area contributed by atoms with Crippen LogP contribution in [0, 0.1) is 11.6 Å². The zero-order chi connectivity index (χ0) is 15.2. The molecule has 0 aliphatic rings. The van der Waals surface area contributed by atoms with E-state index in [-0.39, 0.29) is 6.04 Å².